The Balaban J connectivity index is 1.92. The summed E-state index contributed by atoms with van der Waals surface area (Å²) < 4.78 is 2.01. The van der Waals surface area contributed by atoms with Crippen LogP contribution in [0.15, 0.2) is 23.6 Å². The molecule has 0 amide bonds. The van der Waals surface area contributed by atoms with E-state index in [0.717, 1.165) is 28.8 Å². The highest BCUT2D eigenvalue weighted by Gasteiger charge is 2.20. The van der Waals surface area contributed by atoms with Crippen LogP contribution in [0.25, 0.3) is 11.3 Å². The molecule has 20 heavy (non-hydrogen) atoms. The van der Waals surface area contributed by atoms with Gasteiger partial charge >= 0.3 is 0 Å². The van der Waals surface area contributed by atoms with Crippen molar-refractivity contribution in [2.45, 2.75) is 37.3 Å². The summed E-state index contributed by atoms with van der Waals surface area (Å²) in [6.07, 6.45) is 12.3. The molecule has 2 aromatic heterocycles. The summed E-state index contributed by atoms with van der Waals surface area (Å²) in [6, 6.07) is 1.98. The first-order valence-electron chi connectivity index (χ1n) is 7.16. The molecular formula is C15H20N4S. The first-order valence-corrected chi connectivity index (χ1v) is 8.38. The number of hydrogen-bond acceptors (Lipinski definition) is 4. The second-order valence-electron chi connectivity index (χ2n) is 5.41. The Kier molecular flexibility index (Phi) is 4.05. The van der Waals surface area contributed by atoms with E-state index in [2.05, 4.69) is 15.1 Å². The van der Waals surface area contributed by atoms with Crippen molar-refractivity contribution in [3.05, 3.63) is 24.2 Å². The van der Waals surface area contributed by atoms with Gasteiger partial charge in [-0.15, -0.1) is 0 Å². The lowest BCUT2D eigenvalue weighted by molar-refractivity contribution is 0.521. The molecule has 1 aliphatic rings. The summed E-state index contributed by atoms with van der Waals surface area (Å²) in [7, 11) is 2.03. The average Bonchev–Trinajstić information content (AvgIpc) is 3.11. The zero-order chi connectivity index (χ0) is 13.9. The van der Waals surface area contributed by atoms with E-state index in [-0.39, 0.29) is 0 Å². The van der Waals surface area contributed by atoms with E-state index in [9.17, 15) is 0 Å². The largest absolute Gasteiger partial charge is 0.272 e. The molecule has 0 spiro atoms. The van der Waals surface area contributed by atoms with Crippen LogP contribution in [0.3, 0.4) is 0 Å². The van der Waals surface area contributed by atoms with E-state index in [1.165, 1.54) is 31.4 Å². The number of aromatic nitrogens is 4. The number of thioether (sulfide) groups is 1. The number of aryl methyl sites for hydroxylation is 1. The molecule has 1 aliphatic carbocycles. The quantitative estimate of drug-likeness (QED) is 0.639. The van der Waals surface area contributed by atoms with E-state index in [1.54, 1.807) is 11.8 Å². The third-order valence-corrected chi connectivity index (χ3v) is 4.67. The van der Waals surface area contributed by atoms with Crippen molar-refractivity contribution in [3.8, 4) is 11.3 Å². The highest BCUT2D eigenvalue weighted by atomic mass is 32.2. The van der Waals surface area contributed by atoms with Gasteiger partial charge in [-0.1, -0.05) is 37.4 Å². The van der Waals surface area contributed by atoms with Gasteiger partial charge in [0.15, 0.2) is 5.16 Å². The molecule has 5 heteroatoms. The molecule has 0 bridgehead atoms. The summed E-state index contributed by atoms with van der Waals surface area (Å²) in [5.41, 5.74) is 3.46. The summed E-state index contributed by atoms with van der Waals surface area (Å²) in [4.78, 5) is 8.86. The molecule has 2 heterocycles. The molecule has 0 aliphatic heterocycles. The number of nitrogens with zero attached hydrogens (tertiary/aromatic N) is 4. The van der Waals surface area contributed by atoms with Crippen LogP contribution in [0, 0.1) is 5.92 Å². The van der Waals surface area contributed by atoms with Gasteiger partial charge < -0.3 is 0 Å². The minimum atomic E-state index is 0.811. The van der Waals surface area contributed by atoms with Crippen molar-refractivity contribution >= 4 is 11.8 Å². The van der Waals surface area contributed by atoms with Crippen LogP contribution in [-0.2, 0) is 13.5 Å². The van der Waals surface area contributed by atoms with Crippen LogP contribution >= 0.6 is 11.8 Å². The number of rotatable bonds is 4. The van der Waals surface area contributed by atoms with Crippen molar-refractivity contribution in [1.82, 2.24) is 19.7 Å². The smallest absolute Gasteiger partial charge is 0.187 e. The second kappa shape index (κ2) is 5.95. The van der Waals surface area contributed by atoms with Crippen molar-refractivity contribution in [2.24, 2.45) is 13.0 Å². The Hall–Kier alpha value is -1.36. The predicted octanol–water partition coefficient (Wildman–Crippen LogP) is 3.33. The zero-order valence-electron chi connectivity index (χ0n) is 12.0. The third kappa shape index (κ3) is 2.73. The van der Waals surface area contributed by atoms with E-state index in [1.807, 2.05) is 36.4 Å². The minimum Gasteiger partial charge on any atom is -0.272 e. The normalized spacial score (nSPS) is 15.9. The topological polar surface area (TPSA) is 43.6 Å². The van der Waals surface area contributed by atoms with Gasteiger partial charge in [-0.2, -0.15) is 5.10 Å². The summed E-state index contributed by atoms with van der Waals surface area (Å²) in [5, 5.41) is 5.26. The first kappa shape index (κ1) is 13.6. The van der Waals surface area contributed by atoms with Gasteiger partial charge in [0.05, 0.1) is 11.9 Å². The Morgan fingerprint density at radius 2 is 2.15 bits per heavy atom. The molecule has 0 radical (unpaired) electrons. The molecule has 1 fully saturated rings. The Bertz CT molecular complexity index is 587. The molecule has 106 valence electrons. The molecule has 0 atom stereocenters. The maximum Gasteiger partial charge on any atom is 0.187 e. The van der Waals surface area contributed by atoms with E-state index in [0.29, 0.717) is 0 Å². The van der Waals surface area contributed by atoms with Gasteiger partial charge in [0, 0.05) is 24.5 Å². The standard InChI is InChI=1S/C15H20N4S/c1-19-14(9-11-5-3-4-6-11)12(10-17-19)13-7-8-16-15(18-13)20-2/h7-8,10-11H,3-6,9H2,1-2H3. The lowest BCUT2D eigenvalue weighted by Gasteiger charge is -2.11. The molecule has 4 nitrogen and oxygen atoms in total. The van der Waals surface area contributed by atoms with Crippen LogP contribution in [-0.4, -0.2) is 26.0 Å². The van der Waals surface area contributed by atoms with Gasteiger partial charge in [0.25, 0.3) is 0 Å². The summed E-state index contributed by atoms with van der Waals surface area (Å²) in [6.45, 7) is 0. The van der Waals surface area contributed by atoms with E-state index < -0.39 is 0 Å². The molecule has 1 saturated carbocycles. The van der Waals surface area contributed by atoms with Gasteiger partial charge in [0.2, 0.25) is 0 Å². The fourth-order valence-corrected chi connectivity index (χ4v) is 3.35. The maximum atomic E-state index is 4.61. The van der Waals surface area contributed by atoms with Gasteiger partial charge in [0.1, 0.15) is 0 Å². The van der Waals surface area contributed by atoms with Crippen LogP contribution in [0.5, 0.6) is 0 Å². The molecular weight excluding hydrogens is 268 g/mol. The fourth-order valence-electron chi connectivity index (χ4n) is 3.00. The predicted molar refractivity (Wildman–Crippen MR) is 81.7 cm³/mol. The van der Waals surface area contributed by atoms with E-state index in [4.69, 9.17) is 0 Å². The highest BCUT2D eigenvalue weighted by molar-refractivity contribution is 7.98. The molecule has 2 aromatic rings. The van der Waals surface area contributed by atoms with Crippen LogP contribution in [0.2, 0.25) is 0 Å². The highest BCUT2D eigenvalue weighted by Crippen LogP contribution is 2.31. The molecule has 0 aromatic carbocycles. The molecule has 3 rings (SSSR count). The summed E-state index contributed by atoms with van der Waals surface area (Å²) >= 11 is 1.57. The second-order valence-corrected chi connectivity index (χ2v) is 6.19. The van der Waals surface area contributed by atoms with Crippen molar-refractivity contribution in [3.63, 3.8) is 0 Å². The Morgan fingerprint density at radius 1 is 1.35 bits per heavy atom. The maximum absolute atomic E-state index is 4.61. The summed E-state index contributed by atoms with van der Waals surface area (Å²) in [5.74, 6) is 0.811. The lowest BCUT2D eigenvalue weighted by Crippen LogP contribution is -2.06. The SMILES string of the molecule is CSc1nccc(-c2cnn(C)c2CC2CCCC2)n1. The van der Waals surface area contributed by atoms with Gasteiger partial charge in [-0.3, -0.25) is 4.68 Å². The zero-order valence-corrected chi connectivity index (χ0v) is 12.9. The minimum absolute atomic E-state index is 0.811. The number of hydrogen-bond donors (Lipinski definition) is 0. The van der Waals surface area contributed by atoms with Crippen LogP contribution < -0.4 is 0 Å². The molecule has 0 N–H and O–H groups in total. The first-order chi connectivity index (χ1) is 9.78. The Morgan fingerprint density at radius 3 is 2.90 bits per heavy atom. The monoisotopic (exact) mass is 288 g/mol. The third-order valence-electron chi connectivity index (χ3n) is 4.11. The Labute approximate surface area is 124 Å². The van der Waals surface area contributed by atoms with Crippen LogP contribution in [0.4, 0.5) is 0 Å². The van der Waals surface area contributed by atoms with Crippen molar-refractivity contribution in [1.29, 1.82) is 0 Å². The molecule has 0 saturated heterocycles. The van der Waals surface area contributed by atoms with Crippen LogP contribution in [0.1, 0.15) is 31.4 Å². The van der Waals surface area contributed by atoms with Crippen molar-refractivity contribution in [2.75, 3.05) is 6.26 Å². The van der Waals surface area contributed by atoms with Gasteiger partial charge in [-0.05, 0) is 24.7 Å². The fraction of sp³-hybridized carbons (Fsp3) is 0.533. The lowest BCUT2D eigenvalue weighted by atomic mass is 9.98. The molecule has 0 unspecified atom stereocenters. The van der Waals surface area contributed by atoms with Gasteiger partial charge in [-0.25, -0.2) is 9.97 Å². The average molecular weight is 288 g/mol. The van der Waals surface area contributed by atoms with Crippen molar-refractivity contribution < 1.29 is 0 Å². The van der Waals surface area contributed by atoms with E-state index >= 15 is 0 Å².